The van der Waals surface area contributed by atoms with Crippen molar-refractivity contribution in [2.45, 2.75) is 45.7 Å². The monoisotopic (exact) mass is 518 g/mol. The fourth-order valence-electron chi connectivity index (χ4n) is 5.57. The fraction of sp³-hybridized carbons (Fsp3) is 0.429. The Morgan fingerprint density at radius 2 is 1.74 bits per heavy atom. The fourth-order valence-corrected chi connectivity index (χ4v) is 5.57. The molecule has 1 saturated heterocycles. The predicted octanol–water partition coefficient (Wildman–Crippen LogP) is 4.73. The molecule has 10 heteroatoms. The lowest BCUT2D eigenvalue weighted by molar-refractivity contribution is 0.132. The first kappa shape index (κ1) is 24.8. The number of anilines is 2. The third-order valence-electron chi connectivity index (χ3n) is 7.79. The van der Waals surface area contributed by atoms with Crippen molar-refractivity contribution in [3.05, 3.63) is 59.6 Å². The number of pyridine rings is 1. The van der Waals surface area contributed by atoms with Gasteiger partial charge in [0.2, 0.25) is 5.95 Å². The molecule has 4 aromatic rings. The van der Waals surface area contributed by atoms with Gasteiger partial charge in [-0.25, -0.2) is 23.7 Å². The number of nitrogens with zero attached hydrogens (tertiary/aromatic N) is 7. The van der Waals surface area contributed by atoms with Gasteiger partial charge in [0, 0.05) is 61.8 Å². The number of aryl methyl sites for hydroxylation is 1. The first-order valence-electron chi connectivity index (χ1n) is 13.2. The number of hydrogen-bond donors (Lipinski definition) is 1. The maximum Gasteiger partial charge on any atom is 0.229 e. The Hall–Kier alpha value is -3.50. The van der Waals surface area contributed by atoms with E-state index in [1.165, 1.54) is 6.07 Å². The molecule has 38 heavy (non-hydrogen) atoms. The van der Waals surface area contributed by atoms with Crippen LogP contribution in [0.3, 0.4) is 0 Å². The van der Waals surface area contributed by atoms with Crippen molar-refractivity contribution in [2.75, 3.05) is 38.0 Å². The van der Waals surface area contributed by atoms with Crippen molar-refractivity contribution in [2.24, 2.45) is 0 Å². The van der Waals surface area contributed by atoms with Crippen LogP contribution in [0.4, 0.5) is 20.5 Å². The first-order chi connectivity index (χ1) is 18.3. The number of hydrogen-bond acceptors (Lipinski definition) is 7. The predicted molar refractivity (Wildman–Crippen MR) is 143 cm³/mol. The van der Waals surface area contributed by atoms with E-state index >= 15 is 4.39 Å². The molecule has 0 atom stereocenters. The smallest absolute Gasteiger partial charge is 0.229 e. The summed E-state index contributed by atoms with van der Waals surface area (Å²) in [6, 6.07) is 6.97. The highest BCUT2D eigenvalue weighted by atomic mass is 19.1. The van der Waals surface area contributed by atoms with Gasteiger partial charge in [-0.15, -0.1) is 0 Å². The highest BCUT2D eigenvalue weighted by Gasteiger charge is 2.34. The summed E-state index contributed by atoms with van der Waals surface area (Å²) >= 11 is 0. The molecular weight excluding hydrogens is 486 g/mol. The second kappa shape index (κ2) is 9.67. The van der Waals surface area contributed by atoms with Gasteiger partial charge >= 0.3 is 0 Å². The maximum absolute atomic E-state index is 15.1. The van der Waals surface area contributed by atoms with E-state index in [1.54, 1.807) is 6.07 Å². The molecule has 5 heterocycles. The van der Waals surface area contributed by atoms with Gasteiger partial charge in [-0.2, -0.15) is 5.10 Å². The van der Waals surface area contributed by atoms with E-state index in [2.05, 4.69) is 55.9 Å². The topological polar surface area (TPSA) is 75.0 Å². The van der Waals surface area contributed by atoms with Crippen molar-refractivity contribution in [1.29, 1.82) is 0 Å². The Morgan fingerprint density at radius 1 is 0.947 bits per heavy atom. The lowest BCUT2D eigenvalue weighted by Gasteiger charge is -2.33. The van der Waals surface area contributed by atoms with E-state index in [4.69, 9.17) is 0 Å². The standard InChI is InChI=1S/C28H32F2N8/c1-4-36-9-11-37(12-10-36)17-18-5-6-23(31-15-18)33-27-32-16-22(30)24(34-27)19-13-20-25(21(29)14-19)35-38-8-7-28(2,3)26(20)38/h5-6,13-16H,4,7-12,17H2,1-3H3,(H,31,32,33,34). The Morgan fingerprint density at radius 3 is 2.47 bits per heavy atom. The normalized spacial score (nSPS) is 17.7. The van der Waals surface area contributed by atoms with Crippen molar-refractivity contribution in [3.63, 3.8) is 0 Å². The summed E-state index contributed by atoms with van der Waals surface area (Å²) in [4.78, 5) is 17.9. The van der Waals surface area contributed by atoms with Crippen molar-refractivity contribution in [1.82, 2.24) is 34.5 Å². The average molecular weight is 519 g/mol. The molecule has 0 aliphatic carbocycles. The molecule has 1 aromatic carbocycles. The van der Waals surface area contributed by atoms with Crippen LogP contribution in [0.25, 0.3) is 22.2 Å². The van der Waals surface area contributed by atoms with Crippen LogP contribution in [-0.4, -0.2) is 67.3 Å². The Labute approximate surface area is 220 Å². The van der Waals surface area contributed by atoms with Crippen LogP contribution in [0.2, 0.25) is 0 Å². The van der Waals surface area contributed by atoms with Crippen LogP contribution >= 0.6 is 0 Å². The van der Waals surface area contributed by atoms with Crippen molar-refractivity contribution < 1.29 is 8.78 Å². The number of piperazine rings is 1. The van der Waals surface area contributed by atoms with E-state index in [9.17, 15) is 4.39 Å². The van der Waals surface area contributed by atoms with Crippen molar-refractivity contribution in [3.8, 4) is 11.3 Å². The Bertz CT molecular complexity index is 1470. The van der Waals surface area contributed by atoms with E-state index in [1.807, 2.05) is 23.0 Å². The third-order valence-corrected chi connectivity index (χ3v) is 7.79. The number of rotatable bonds is 6. The van der Waals surface area contributed by atoms with Gasteiger partial charge in [-0.1, -0.05) is 26.8 Å². The molecule has 0 radical (unpaired) electrons. The number of aromatic nitrogens is 5. The molecular formula is C28H32F2N8. The number of likely N-dealkylation sites (N-methyl/N-ethyl adjacent to an activating group) is 1. The molecule has 198 valence electrons. The first-order valence-corrected chi connectivity index (χ1v) is 13.2. The van der Waals surface area contributed by atoms with Gasteiger partial charge in [-0.3, -0.25) is 9.58 Å². The number of halogens is 2. The minimum absolute atomic E-state index is 0.0295. The number of benzene rings is 1. The molecule has 0 spiro atoms. The molecule has 2 aliphatic heterocycles. The zero-order chi connectivity index (χ0) is 26.4. The van der Waals surface area contributed by atoms with Gasteiger partial charge in [-0.05, 0) is 36.7 Å². The Balaban J connectivity index is 1.22. The lowest BCUT2D eigenvalue weighted by Crippen LogP contribution is -2.45. The molecule has 0 bridgehead atoms. The lowest BCUT2D eigenvalue weighted by atomic mass is 9.86. The van der Waals surface area contributed by atoms with E-state index < -0.39 is 11.6 Å². The molecule has 0 saturated carbocycles. The van der Waals surface area contributed by atoms with Gasteiger partial charge < -0.3 is 10.2 Å². The highest BCUT2D eigenvalue weighted by molar-refractivity contribution is 5.88. The quantitative estimate of drug-likeness (QED) is 0.396. The number of nitrogens with one attached hydrogen (secondary N) is 1. The van der Waals surface area contributed by atoms with Crippen LogP contribution < -0.4 is 5.32 Å². The van der Waals surface area contributed by atoms with Crippen LogP contribution in [-0.2, 0) is 18.5 Å². The second-order valence-electron chi connectivity index (χ2n) is 10.8. The van der Waals surface area contributed by atoms with Crippen LogP contribution in [0.1, 0.15) is 38.4 Å². The summed E-state index contributed by atoms with van der Waals surface area (Å²) in [5.41, 5.74) is 2.64. The largest absolute Gasteiger partial charge is 0.309 e. The molecule has 3 aromatic heterocycles. The van der Waals surface area contributed by atoms with E-state index in [0.29, 0.717) is 22.3 Å². The molecule has 2 aliphatic rings. The maximum atomic E-state index is 15.1. The van der Waals surface area contributed by atoms with Crippen molar-refractivity contribution >= 4 is 22.7 Å². The zero-order valence-electron chi connectivity index (χ0n) is 22.0. The molecule has 0 amide bonds. The summed E-state index contributed by atoms with van der Waals surface area (Å²) in [5.74, 6) is -0.363. The van der Waals surface area contributed by atoms with E-state index in [0.717, 1.165) is 69.7 Å². The molecule has 8 nitrogen and oxygen atoms in total. The van der Waals surface area contributed by atoms with Gasteiger partial charge in [0.25, 0.3) is 0 Å². The SMILES string of the molecule is CCN1CCN(Cc2ccc(Nc3ncc(F)c(-c4cc(F)c5nn6c(c5c4)C(C)(C)CC6)n3)nc2)CC1. The van der Waals surface area contributed by atoms with Gasteiger partial charge in [0.1, 0.15) is 17.0 Å². The second-order valence-corrected chi connectivity index (χ2v) is 10.8. The molecule has 0 unspecified atom stereocenters. The summed E-state index contributed by atoms with van der Waals surface area (Å²) in [6.07, 6.45) is 3.86. The van der Waals surface area contributed by atoms with E-state index in [-0.39, 0.29) is 17.1 Å². The Kier molecular flexibility index (Phi) is 6.31. The summed E-state index contributed by atoms with van der Waals surface area (Å²) < 4.78 is 31.8. The molecule has 1 fully saturated rings. The third kappa shape index (κ3) is 4.63. The minimum Gasteiger partial charge on any atom is -0.309 e. The van der Waals surface area contributed by atoms with Gasteiger partial charge in [0.05, 0.1) is 11.9 Å². The highest BCUT2D eigenvalue weighted by Crippen LogP contribution is 2.40. The summed E-state index contributed by atoms with van der Waals surface area (Å²) in [7, 11) is 0. The summed E-state index contributed by atoms with van der Waals surface area (Å²) in [6.45, 7) is 13.4. The molecule has 1 N–H and O–H groups in total. The average Bonchev–Trinajstić information content (AvgIpc) is 3.44. The zero-order valence-corrected chi connectivity index (χ0v) is 22.0. The van der Waals surface area contributed by atoms with Crippen LogP contribution in [0.5, 0.6) is 0 Å². The van der Waals surface area contributed by atoms with Crippen LogP contribution in [0.15, 0.2) is 36.7 Å². The minimum atomic E-state index is -0.621. The summed E-state index contributed by atoms with van der Waals surface area (Å²) in [5, 5.41) is 8.21. The number of fused-ring (bicyclic) bond motifs is 3. The van der Waals surface area contributed by atoms with Gasteiger partial charge in [0.15, 0.2) is 11.6 Å². The van der Waals surface area contributed by atoms with Crippen LogP contribution in [0, 0.1) is 11.6 Å². The molecule has 6 rings (SSSR count).